The molecule has 2 N–H and O–H groups in total. The first kappa shape index (κ1) is 5.93. The molecule has 0 atom stereocenters. The quantitative estimate of drug-likeness (QED) is 0.324. The zero-order valence-corrected chi connectivity index (χ0v) is 3.72. The summed E-state index contributed by atoms with van der Waals surface area (Å²) in [6.45, 7) is 0. The van der Waals surface area contributed by atoms with Gasteiger partial charge in [-0.2, -0.15) is 0 Å². The van der Waals surface area contributed by atoms with Gasteiger partial charge >= 0.3 is 34.6 Å². The third-order valence-corrected chi connectivity index (χ3v) is 0.505. The summed E-state index contributed by atoms with van der Waals surface area (Å²) in [5, 5.41) is 15.6. The summed E-state index contributed by atoms with van der Waals surface area (Å²) >= 11 is 0. The van der Waals surface area contributed by atoms with E-state index < -0.39 is 14.2 Å². The molecule has 0 bridgehead atoms. The van der Waals surface area contributed by atoms with E-state index in [1.54, 1.807) is 5.63 Å². The Morgan fingerprint density at radius 2 is 2.17 bits per heavy atom. The van der Waals surface area contributed by atoms with E-state index in [-0.39, 0.29) is 0 Å². The fraction of sp³-hybridized carbons (Fsp3) is 0.500. The topological polar surface area (TPSA) is 57.5 Å². The van der Waals surface area contributed by atoms with Crippen LogP contribution < -0.4 is 0 Å². The van der Waals surface area contributed by atoms with E-state index in [4.69, 9.17) is 10.2 Å². The van der Waals surface area contributed by atoms with Gasteiger partial charge in [-0.05, 0) is 0 Å². The third kappa shape index (κ3) is 3.93. The van der Waals surface area contributed by atoms with Gasteiger partial charge in [0.25, 0.3) is 0 Å². The fourth-order valence-corrected chi connectivity index (χ4v) is 0.141. The van der Waals surface area contributed by atoms with Crippen molar-refractivity contribution in [1.82, 2.24) is 0 Å². The molecule has 0 aromatic rings. The molecule has 0 aliphatic carbocycles. The van der Waals surface area contributed by atoms with Crippen LogP contribution in [0.1, 0.15) is 0 Å². The van der Waals surface area contributed by atoms with Crippen LogP contribution in [0.15, 0.2) is 0 Å². The van der Waals surface area contributed by atoms with Gasteiger partial charge in [-0.25, -0.2) is 0 Å². The first-order valence-corrected chi connectivity index (χ1v) is 2.02. The minimum atomic E-state index is -1.68. The van der Waals surface area contributed by atoms with Gasteiger partial charge in [0, 0.05) is 0 Å². The van der Waals surface area contributed by atoms with Gasteiger partial charge in [-0.3, -0.25) is 0 Å². The van der Waals surface area contributed by atoms with Crippen molar-refractivity contribution in [3.8, 4) is 5.63 Å². The third-order valence-electron chi connectivity index (χ3n) is 0.168. The Hall–Kier alpha value is -0.0700. The molecule has 0 aliphatic rings. The van der Waals surface area contributed by atoms with E-state index in [9.17, 15) is 4.57 Å². The SMILES string of the molecule is O=P#CC(O)O. The van der Waals surface area contributed by atoms with Gasteiger partial charge in [0.05, 0.1) is 0 Å². The Morgan fingerprint density at radius 1 is 1.67 bits per heavy atom. The van der Waals surface area contributed by atoms with Crippen LogP contribution in [-0.2, 0) is 4.57 Å². The Morgan fingerprint density at radius 3 is 2.17 bits per heavy atom. The van der Waals surface area contributed by atoms with E-state index >= 15 is 0 Å². The van der Waals surface area contributed by atoms with Crippen LogP contribution in [0.25, 0.3) is 0 Å². The maximum atomic E-state index is 9.28. The zero-order valence-electron chi connectivity index (χ0n) is 2.83. The summed E-state index contributed by atoms with van der Waals surface area (Å²) in [4.78, 5) is 0. The standard InChI is InChI=1S/C2H3O3P/c3-2(4)1-6-5/h2-4H. The van der Waals surface area contributed by atoms with E-state index in [1.807, 2.05) is 0 Å². The average Bonchev–Trinajstić information content (AvgIpc) is 1.35. The Labute approximate surface area is 35.7 Å². The molecule has 0 amide bonds. The number of aliphatic hydroxyl groups is 2. The molecule has 0 fully saturated rings. The van der Waals surface area contributed by atoms with Crippen molar-refractivity contribution in [3.05, 3.63) is 0 Å². The second kappa shape index (κ2) is 3.13. The molecule has 0 aromatic heterocycles. The number of hydrogen-bond acceptors (Lipinski definition) is 3. The molecule has 0 aromatic carbocycles. The Balaban J connectivity index is 3.49. The fourth-order valence-electron chi connectivity index (χ4n) is 0.0471. The molecule has 0 unspecified atom stereocenters. The minimum absolute atomic E-state index is 0.476. The normalized spacial score (nSPS) is 7.83. The first-order valence-electron chi connectivity index (χ1n) is 1.21. The van der Waals surface area contributed by atoms with Crippen molar-refractivity contribution in [1.29, 1.82) is 0 Å². The summed E-state index contributed by atoms with van der Waals surface area (Å²) < 4.78 is 9.28. The van der Waals surface area contributed by atoms with Crippen LogP contribution in [0, 0.1) is 5.63 Å². The zero-order chi connectivity index (χ0) is 4.99. The maximum absolute atomic E-state index is 9.28. The van der Waals surface area contributed by atoms with Gasteiger partial charge in [0.2, 0.25) is 0 Å². The van der Waals surface area contributed by atoms with Gasteiger partial charge in [0.1, 0.15) is 0 Å². The molecule has 0 saturated heterocycles. The monoisotopic (exact) mass is 106 g/mol. The van der Waals surface area contributed by atoms with Crippen LogP contribution in [0.2, 0.25) is 0 Å². The number of hydrogen-bond donors (Lipinski definition) is 2. The van der Waals surface area contributed by atoms with Crippen molar-refractivity contribution in [2.45, 2.75) is 6.29 Å². The van der Waals surface area contributed by atoms with Gasteiger partial charge in [0.15, 0.2) is 0 Å². The molecular weight excluding hydrogens is 103 g/mol. The molecule has 6 heavy (non-hydrogen) atoms. The van der Waals surface area contributed by atoms with Crippen LogP contribution in [-0.4, -0.2) is 16.5 Å². The van der Waals surface area contributed by atoms with Crippen molar-refractivity contribution < 1.29 is 14.8 Å². The van der Waals surface area contributed by atoms with E-state index in [2.05, 4.69) is 0 Å². The van der Waals surface area contributed by atoms with Crippen molar-refractivity contribution in [2.24, 2.45) is 0 Å². The molecule has 3 nitrogen and oxygen atoms in total. The molecule has 34 valence electrons. The second-order valence-corrected chi connectivity index (χ2v) is 1.03. The molecule has 4 heteroatoms. The number of aliphatic hydroxyl groups excluding tert-OH is 1. The first-order chi connectivity index (χ1) is 2.77. The van der Waals surface area contributed by atoms with E-state index in [1.165, 1.54) is 0 Å². The molecule has 0 spiro atoms. The van der Waals surface area contributed by atoms with Gasteiger partial charge in [-0.1, -0.05) is 0 Å². The number of rotatable bonds is 0. The second-order valence-electron chi connectivity index (χ2n) is 0.594. The van der Waals surface area contributed by atoms with Crippen molar-refractivity contribution >= 4 is 7.92 Å². The molecule has 0 rings (SSSR count). The van der Waals surface area contributed by atoms with Crippen LogP contribution >= 0.6 is 7.92 Å². The van der Waals surface area contributed by atoms with Gasteiger partial charge < -0.3 is 0 Å². The predicted molar refractivity (Wildman–Crippen MR) is 19.7 cm³/mol. The summed E-state index contributed by atoms with van der Waals surface area (Å²) in [7, 11) is -0.476. The van der Waals surface area contributed by atoms with Crippen LogP contribution in [0.4, 0.5) is 0 Å². The Bertz CT molecular complexity index is 110. The molecule has 0 heterocycles. The van der Waals surface area contributed by atoms with E-state index in [0.717, 1.165) is 0 Å². The molecule has 0 saturated carbocycles. The van der Waals surface area contributed by atoms with Crippen molar-refractivity contribution in [3.63, 3.8) is 0 Å². The van der Waals surface area contributed by atoms with Gasteiger partial charge in [-0.15, -0.1) is 0 Å². The summed E-state index contributed by atoms with van der Waals surface area (Å²) in [6.07, 6.45) is -1.68. The van der Waals surface area contributed by atoms with Crippen molar-refractivity contribution in [2.75, 3.05) is 0 Å². The Kier molecular flexibility index (Phi) is 3.10. The molecule has 0 radical (unpaired) electrons. The summed E-state index contributed by atoms with van der Waals surface area (Å²) in [5.41, 5.74) is 1.74. The molecular formula is C2H3O3P. The summed E-state index contributed by atoms with van der Waals surface area (Å²) in [5.74, 6) is 0. The predicted octanol–water partition coefficient (Wildman–Crippen LogP) is -0.452. The van der Waals surface area contributed by atoms with E-state index in [0.29, 0.717) is 0 Å². The summed E-state index contributed by atoms with van der Waals surface area (Å²) in [6, 6.07) is 0. The van der Waals surface area contributed by atoms with Crippen LogP contribution in [0.3, 0.4) is 0 Å². The average molecular weight is 106 g/mol. The molecule has 0 aliphatic heterocycles. The van der Waals surface area contributed by atoms with Crippen LogP contribution in [0.5, 0.6) is 0 Å².